The van der Waals surface area contributed by atoms with Crippen molar-refractivity contribution < 1.29 is 18.8 Å². The van der Waals surface area contributed by atoms with Crippen molar-refractivity contribution in [2.24, 2.45) is 0 Å². The standard InChI is InChI=1S/C24H23N5O4/c1-15-14-28(23(31)16-5-3-2-4-6-16)10-11-29(15)24(32)21(30)18-13-27-19-17(7-8-25-20(18)19)22-26-9-12-33-22/h2-9,12,15,18,27H,10-11,13-14H2,1H3. The van der Waals surface area contributed by atoms with Gasteiger partial charge in [-0.2, -0.15) is 0 Å². The van der Waals surface area contributed by atoms with Gasteiger partial charge in [0.15, 0.2) is 0 Å². The van der Waals surface area contributed by atoms with Crippen LogP contribution < -0.4 is 5.32 Å². The Morgan fingerprint density at radius 3 is 2.61 bits per heavy atom. The lowest BCUT2D eigenvalue weighted by molar-refractivity contribution is -0.148. The molecule has 0 radical (unpaired) electrons. The molecule has 1 N–H and O–H groups in total. The summed E-state index contributed by atoms with van der Waals surface area (Å²) in [5, 5.41) is 3.19. The lowest BCUT2D eigenvalue weighted by Gasteiger charge is -2.39. The number of piperazine rings is 1. The molecule has 33 heavy (non-hydrogen) atoms. The van der Waals surface area contributed by atoms with E-state index in [0.29, 0.717) is 48.0 Å². The van der Waals surface area contributed by atoms with Gasteiger partial charge in [-0.05, 0) is 25.1 Å². The van der Waals surface area contributed by atoms with Crippen LogP contribution in [0.4, 0.5) is 5.69 Å². The number of oxazole rings is 1. The molecule has 2 aliphatic heterocycles. The van der Waals surface area contributed by atoms with E-state index < -0.39 is 17.6 Å². The molecule has 0 bridgehead atoms. The molecule has 0 saturated carbocycles. The molecule has 1 saturated heterocycles. The Hall–Kier alpha value is -4.01. The number of rotatable bonds is 4. The predicted molar refractivity (Wildman–Crippen MR) is 119 cm³/mol. The van der Waals surface area contributed by atoms with E-state index in [4.69, 9.17) is 4.42 Å². The van der Waals surface area contributed by atoms with Gasteiger partial charge in [0.05, 0.1) is 29.1 Å². The molecule has 2 amide bonds. The minimum atomic E-state index is -0.682. The number of pyridine rings is 1. The highest BCUT2D eigenvalue weighted by Crippen LogP contribution is 2.38. The molecule has 2 aliphatic rings. The molecule has 2 aromatic heterocycles. The van der Waals surface area contributed by atoms with Gasteiger partial charge < -0.3 is 19.5 Å². The number of amides is 2. The fraction of sp³-hybridized carbons (Fsp3) is 0.292. The number of hydrogen-bond acceptors (Lipinski definition) is 7. The van der Waals surface area contributed by atoms with Gasteiger partial charge in [0.1, 0.15) is 6.26 Å². The van der Waals surface area contributed by atoms with Crippen LogP contribution in [0, 0.1) is 0 Å². The van der Waals surface area contributed by atoms with Crippen LogP contribution in [-0.2, 0) is 9.59 Å². The summed E-state index contributed by atoms with van der Waals surface area (Å²) < 4.78 is 5.39. The van der Waals surface area contributed by atoms with Gasteiger partial charge in [0.2, 0.25) is 11.7 Å². The summed E-state index contributed by atoms with van der Waals surface area (Å²) in [7, 11) is 0. The van der Waals surface area contributed by atoms with E-state index >= 15 is 0 Å². The average molecular weight is 445 g/mol. The molecule has 2 unspecified atom stereocenters. The first-order valence-corrected chi connectivity index (χ1v) is 10.9. The summed E-state index contributed by atoms with van der Waals surface area (Å²) in [6, 6.07) is 10.5. The molecule has 9 nitrogen and oxygen atoms in total. The molecule has 4 heterocycles. The van der Waals surface area contributed by atoms with Gasteiger partial charge >= 0.3 is 0 Å². The Morgan fingerprint density at radius 2 is 1.88 bits per heavy atom. The third kappa shape index (κ3) is 3.75. The Bertz CT molecular complexity index is 1190. The molecule has 3 aromatic rings. The SMILES string of the molecule is CC1CN(C(=O)c2ccccc2)CCN1C(=O)C(=O)C1CNc2c(-c3ncco3)ccnc21. The van der Waals surface area contributed by atoms with Crippen molar-refractivity contribution in [3.05, 3.63) is 66.3 Å². The molecular formula is C24H23N5O4. The number of carbonyl (C=O) groups is 3. The van der Waals surface area contributed by atoms with Crippen molar-refractivity contribution in [3.63, 3.8) is 0 Å². The lowest BCUT2D eigenvalue weighted by Crippen LogP contribution is -2.57. The van der Waals surface area contributed by atoms with Gasteiger partial charge in [-0.1, -0.05) is 18.2 Å². The number of anilines is 1. The topological polar surface area (TPSA) is 109 Å². The molecule has 5 rings (SSSR count). The Kier molecular flexibility index (Phi) is 5.37. The Morgan fingerprint density at radius 1 is 1.06 bits per heavy atom. The van der Waals surface area contributed by atoms with E-state index in [-0.39, 0.29) is 18.5 Å². The largest absolute Gasteiger partial charge is 0.444 e. The van der Waals surface area contributed by atoms with Crippen LogP contribution in [0.3, 0.4) is 0 Å². The second-order valence-electron chi connectivity index (χ2n) is 8.22. The molecule has 0 aliphatic carbocycles. The van der Waals surface area contributed by atoms with Crippen LogP contribution in [-0.4, -0.2) is 69.6 Å². The molecule has 0 spiro atoms. The number of aromatic nitrogens is 2. The van der Waals surface area contributed by atoms with Crippen LogP contribution in [0.5, 0.6) is 0 Å². The first-order chi connectivity index (χ1) is 16.0. The monoisotopic (exact) mass is 445 g/mol. The van der Waals surface area contributed by atoms with Gasteiger partial charge in [0.25, 0.3) is 11.8 Å². The molecule has 1 aromatic carbocycles. The first-order valence-electron chi connectivity index (χ1n) is 10.9. The second kappa shape index (κ2) is 8.50. The van der Waals surface area contributed by atoms with E-state index in [1.807, 2.05) is 25.1 Å². The zero-order valence-electron chi connectivity index (χ0n) is 18.1. The highest BCUT2D eigenvalue weighted by Gasteiger charge is 2.40. The molecular weight excluding hydrogens is 422 g/mol. The average Bonchev–Trinajstić information content (AvgIpc) is 3.53. The molecule has 1 fully saturated rings. The highest BCUT2D eigenvalue weighted by molar-refractivity contribution is 6.38. The van der Waals surface area contributed by atoms with Gasteiger partial charge in [-0.3, -0.25) is 19.4 Å². The smallest absolute Gasteiger partial charge is 0.291 e. The number of benzene rings is 1. The Labute approximate surface area is 190 Å². The van der Waals surface area contributed by atoms with Crippen LogP contribution in [0.15, 0.2) is 59.5 Å². The van der Waals surface area contributed by atoms with Crippen LogP contribution in [0.25, 0.3) is 11.5 Å². The van der Waals surface area contributed by atoms with Gasteiger partial charge in [0, 0.05) is 44.0 Å². The predicted octanol–water partition coefficient (Wildman–Crippen LogP) is 2.19. The second-order valence-corrected chi connectivity index (χ2v) is 8.22. The Balaban J connectivity index is 1.29. The number of carbonyl (C=O) groups excluding carboxylic acids is 3. The van der Waals surface area contributed by atoms with E-state index in [1.165, 1.54) is 6.26 Å². The molecule has 168 valence electrons. The number of nitrogens with zero attached hydrogens (tertiary/aromatic N) is 4. The minimum absolute atomic E-state index is 0.0712. The van der Waals surface area contributed by atoms with E-state index in [9.17, 15) is 14.4 Å². The maximum absolute atomic E-state index is 13.2. The maximum atomic E-state index is 13.2. The van der Waals surface area contributed by atoms with Crippen LogP contribution in [0.1, 0.15) is 28.9 Å². The zero-order valence-corrected chi connectivity index (χ0v) is 18.1. The zero-order chi connectivity index (χ0) is 22.9. The number of Topliss-reactive ketones (excluding diaryl/α,β-unsaturated/α-hetero) is 1. The number of fused-ring (bicyclic) bond motifs is 1. The fourth-order valence-corrected chi connectivity index (χ4v) is 4.48. The summed E-state index contributed by atoms with van der Waals surface area (Å²) >= 11 is 0. The quantitative estimate of drug-likeness (QED) is 0.613. The molecule has 9 heteroatoms. The summed E-state index contributed by atoms with van der Waals surface area (Å²) in [6.45, 7) is 3.20. The summed E-state index contributed by atoms with van der Waals surface area (Å²) in [4.78, 5) is 50.9. The van der Waals surface area contributed by atoms with Crippen molar-refractivity contribution in [1.82, 2.24) is 19.8 Å². The van der Waals surface area contributed by atoms with E-state index in [2.05, 4.69) is 15.3 Å². The van der Waals surface area contributed by atoms with Crippen LogP contribution >= 0.6 is 0 Å². The van der Waals surface area contributed by atoms with Gasteiger partial charge in [-0.25, -0.2) is 4.98 Å². The van der Waals surface area contributed by atoms with Gasteiger partial charge in [-0.15, -0.1) is 0 Å². The number of hydrogen-bond donors (Lipinski definition) is 1. The van der Waals surface area contributed by atoms with Crippen molar-refractivity contribution in [1.29, 1.82) is 0 Å². The summed E-state index contributed by atoms with van der Waals surface area (Å²) in [5.41, 5.74) is 2.50. The van der Waals surface area contributed by atoms with Crippen molar-refractivity contribution >= 4 is 23.3 Å². The third-order valence-electron chi connectivity index (χ3n) is 6.18. The molecule has 2 atom stereocenters. The van der Waals surface area contributed by atoms with E-state index in [0.717, 1.165) is 0 Å². The first kappa shape index (κ1) is 20.9. The van der Waals surface area contributed by atoms with Crippen molar-refractivity contribution in [3.8, 4) is 11.5 Å². The minimum Gasteiger partial charge on any atom is -0.444 e. The summed E-state index contributed by atoms with van der Waals surface area (Å²) in [6.07, 6.45) is 4.62. The summed E-state index contributed by atoms with van der Waals surface area (Å²) in [5.74, 6) is -1.38. The number of nitrogens with one attached hydrogen (secondary N) is 1. The fourth-order valence-electron chi connectivity index (χ4n) is 4.48. The van der Waals surface area contributed by atoms with Crippen molar-refractivity contribution in [2.75, 3.05) is 31.5 Å². The number of ketones is 1. The normalized spacial score (nSPS) is 19.7. The third-order valence-corrected chi connectivity index (χ3v) is 6.18. The van der Waals surface area contributed by atoms with E-state index in [1.54, 1.807) is 40.4 Å². The van der Waals surface area contributed by atoms with Crippen LogP contribution in [0.2, 0.25) is 0 Å². The van der Waals surface area contributed by atoms with Crippen molar-refractivity contribution in [2.45, 2.75) is 18.9 Å². The maximum Gasteiger partial charge on any atom is 0.291 e. The highest BCUT2D eigenvalue weighted by atomic mass is 16.3. The lowest BCUT2D eigenvalue weighted by atomic mass is 9.98.